The molecular formula is C22H17ClN2O6S. The van der Waals surface area contributed by atoms with Crippen molar-refractivity contribution in [2.24, 2.45) is 0 Å². The number of ether oxygens (including phenoxy) is 3. The van der Waals surface area contributed by atoms with Crippen molar-refractivity contribution >= 4 is 46.6 Å². The first-order valence-corrected chi connectivity index (χ1v) is 10.4. The van der Waals surface area contributed by atoms with Gasteiger partial charge in [0.25, 0.3) is 11.1 Å². The highest BCUT2D eigenvalue weighted by Gasteiger charge is 2.36. The van der Waals surface area contributed by atoms with Crippen molar-refractivity contribution in [1.82, 2.24) is 4.90 Å². The van der Waals surface area contributed by atoms with Gasteiger partial charge in [0.1, 0.15) is 13.2 Å². The van der Waals surface area contributed by atoms with Gasteiger partial charge in [0.05, 0.1) is 35.8 Å². The number of carbonyl (C=O) groups is 3. The van der Waals surface area contributed by atoms with Crippen LogP contribution >= 0.6 is 23.4 Å². The molecule has 1 fully saturated rings. The van der Waals surface area contributed by atoms with Crippen LogP contribution in [0.5, 0.6) is 11.5 Å². The molecule has 0 aliphatic carbocycles. The lowest BCUT2D eigenvalue weighted by Crippen LogP contribution is -2.34. The summed E-state index contributed by atoms with van der Waals surface area (Å²) in [6.07, 6.45) is 1.48. The monoisotopic (exact) mass is 472 g/mol. The van der Waals surface area contributed by atoms with Crippen molar-refractivity contribution in [1.29, 1.82) is 5.26 Å². The Bertz CT molecular complexity index is 1160. The van der Waals surface area contributed by atoms with E-state index in [0.29, 0.717) is 34.2 Å². The first-order valence-electron chi connectivity index (χ1n) is 9.18. The zero-order chi connectivity index (χ0) is 23.3. The third-order valence-corrected chi connectivity index (χ3v) is 5.64. The highest BCUT2D eigenvalue weighted by molar-refractivity contribution is 8.18. The maximum absolute atomic E-state index is 12.5. The lowest BCUT2D eigenvalue weighted by atomic mass is 10.1. The number of thioether (sulfide) groups is 1. The van der Waals surface area contributed by atoms with Gasteiger partial charge in [0.15, 0.2) is 11.5 Å². The molecule has 0 unspecified atom stereocenters. The average molecular weight is 473 g/mol. The number of esters is 1. The molecule has 1 aliphatic heterocycles. The Morgan fingerprint density at radius 3 is 2.69 bits per heavy atom. The van der Waals surface area contributed by atoms with Gasteiger partial charge in [0.2, 0.25) is 0 Å². The van der Waals surface area contributed by atoms with Crippen molar-refractivity contribution in [3.63, 3.8) is 0 Å². The summed E-state index contributed by atoms with van der Waals surface area (Å²) in [6, 6.07) is 12.3. The molecule has 164 valence electrons. The zero-order valence-corrected chi connectivity index (χ0v) is 18.7. The number of benzene rings is 2. The van der Waals surface area contributed by atoms with Gasteiger partial charge >= 0.3 is 5.97 Å². The summed E-state index contributed by atoms with van der Waals surface area (Å²) in [4.78, 5) is 36.9. The lowest BCUT2D eigenvalue weighted by molar-refractivity contribution is -0.143. The first kappa shape index (κ1) is 23.2. The van der Waals surface area contributed by atoms with Crippen molar-refractivity contribution in [2.45, 2.75) is 6.61 Å². The van der Waals surface area contributed by atoms with Gasteiger partial charge < -0.3 is 14.2 Å². The van der Waals surface area contributed by atoms with Crippen LogP contribution in [0, 0.1) is 11.3 Å². The van der Waals surface area contributed by atoms with Crippen LogP contribution in [-0.4, -0.2) is 42.8 Å². The maximum Gasteiger partial charge on any atom is 0.325 e. The fraction of sp³-hybridized carbons (Fsp3) is 0.182. The van der Waals surface area contributed by atoms with E-state index in [1.807, 2.05) is 0 Å². The van der Waals surface area contributed by atoms with Gasteiger partial charge in [-0.1, -0.05) is 29.8 Å². The van der Waals surface area contributed by atoms with Gasteiger partial charge in [-0.15, -0.1) is 0 Å². The Morgan fingerprint density at radius 2 is 2.00 bits per heavy atom. The molecule has 8 nitrogen and oxygen atoms in total. The van der Waals surface area contributed by atoms with Crippen molar-refractivity contribution in [3.8, 4) is 17.6 Å². The van der Waals surface area contributed by atoms with Crippen LogP contribution in [0.1, 0.15) is 16.7 Å². The van der Waals surface area contributed by atoms with Crippen LogP contribution in [0.4, 0.5) is 4.79 Å². The minimum Gasteiger partial charge on any atom is -0.493 e. The molecule has 1 saturated heterocycles. The van der Waals surface area contributed by atoms with E-state index in [1.54, 1.807) is 36.4 Å². The lowest BCUT2D eigenvalue weighted by Gasteiger charge is -2.14. The number of hydrogen-bond acceptors (Lipinski definition) is 8. The van der Waals surface area contributed by atoms with Crippen molar-refractivity contribution in [2.75, 3.05) is 20.8 Å². The van der Waals surface area contributed by atoms with E-state index in [4.69, 9.17) is 21.1 Å². The van der Waals surface area contributed by atoms with E-state index in [2.05, 4.69) is 10.8 Å². The molecule has 2 aromatic rings. The third-order valence-electron chi connectivity index (χ3n) is 4.45. The largest absolute Gasteiger partial charge is 0.493 e. The Morgan fingerprint density at radius 1 is 1.25 bits per heavy atom. The summed E-state index contributed by atoms with van der Waals surface area (Å²) in [5.74, 6) is -0.712. The van der Waals surface area contributed by atoms with Gasteiger partial charge in [0, 0.05) is 5.56 Å². The Balaban J connectivity index is 1.83. The molecule has 3 rings (SSSR count). The number of rotatable bonds is 7. The van der Waals surface area contributed by atoms with Crippen LogP contribution in [0.3, 0.4) is 0 Å². The normalized spacial score (nSPS) is 14.4. The fourth-order valence-electron chi connectivity index (χ4n) is 2.85. The first-order chi connectivity index (χ1) is 15.4. The number of methoxy groups -OCH3 is 2. The standard InChI is InChI=1S/C22H17ClN2O6S/c1-29-17-8-13(9-18-21(27)25(22(28)32-18)11-19(26)30-2)7-16(23)20(17)31-12-15-6-4-3-5-14(15)10-24/h3-9H,11-12H2,1-2H3/b18-9-. The summed E-state index contributed by atoms with van der Waals surface area (Å²) in [5, 5.41) is 8.87. The number of amides is 2. The van der Waals surface area contributed by atoms with Crippen molar-refractivity contribution in [3.05, 3.63) is 63.0 Å². The minimum atomic E-state index is -0.697. The van der Waals surface area contributed by atoms with E-state index in [-0.39, 0.29) is 22.3 Å². The van der Waals surface area contributed by atoms with Gasteiger partial charge in [-0.3, -0.25) is 19.3 Å². The van der Waals surface area contributed by atoms with Crippen LogP contribution in [0.2, 0.25) is 5.02 Å². The highest BCUT2D eigenvalue weighted by Crippen LogP contribution is 2.39. The SMILES string of the molecule is COC(=O)CN1C(=O)S/C(=C\c2cc(Cl)c(OCc3ccccc3C#N)c(OC)c2)C1=O. The van der Waals surface area contributed by atoms with E-state index >= 15 is 0 Å². The summed E-state index contributed by atoms with van der Waals surface area (Å²) < 4.78 is 15.7. The third kappa shape index (κ3) is 5.04. The maximum atomic E-state index is 12.5. The van der Waals surface area contributed by atoms with Crippen LogP contribution in [0.15, 0.2) is 41.3 Å². The molecule has 32 heavy (non-hydrogen) atoms. The summed E-state index contributed by atoms with van der Waals surface area (Å²) in [7, 11) is 2.61. The Kier molecular flexibility index (Phi) is 7.41. The molecule has 0 radical (unpaired) electrons. The topological polar surface area (TPSA) is 106 Å². The molecule has 2 aromatic carbocycles. The van der Waals surface area contributed by atoms with E-state index < -0.39 is 23.7 Å². The molecular weight excluding hydrogens is 456 g/mol. The van der Waals surface area contributed by atoms with Gasteiger partial charge in [-0.05, 0) is 41.6 Å². The van der Waals surface area contributed by atoms with Gasteiger partial charge in [-0.2, -0.15) is 5.26 Å². The molecule has 10 heteroatoms. The molecule has 1 aliphatic rings. The smallest absolute Gasteiger partial charge is 0.325 e. The summed E-state index contributed by atoms with van der Waals surface area (Å²) in [6.45, 7) is -0.356. The molecule has 0 N–H and O–H groups in total. The second-order valence-corrected chi connectivity index (χ2v) is 7.84. The Hall–Kier alpha value is -3.48. The fourth-order valence-corrected chi connectivity index (χ4v) is 3.96. The van der Waals surface area contributed by atoms with E-state index in [9.17, 15) is 19.6 Å². The molecule has 2 amide bonds. The summed E-state index contributed by atoms with van der Waals surface area (Å²) in [5.41, 5.74) is 1.68. The molecule has 0 atom stereocenters. The predicted molar refractivity (Wildman–Crippen MR) is 118 cm³/mol. The van der Waals surface area contributed by atoms with Crippen LogP contribution in [0.25, 0.3) is 6.08 Å². The average Bonchev–Trinajstić information content (AvgIpc) is 3.05. The second kappa shape index (κ2) is 10.2. The van der Waals surface area contributed by atoms with Crippen molar-refractivity contribution < 1.29 is 28.6 Å². The second-order valence-electron chi connectivity index (χ2n) is 6.44. The van der Waals surface area contributed by atoms with Crippen LogP contribution < -0.4 is 9.47 Å². The molecule has 1 heterocycles. The number of carbonyl (C=O) groups excluding carboxylic acids is 3. The number of nitriles is 1. The summed E-state index contributed by atoms with van der Waals surface area (Å²) >= 11 is 7.10. The molecule has 0 saturated carbocycles. The van der Waals surface area contributed by atoms with Gasteiger partial charge in [-0.25, -0.2) is 0 Å². The zero-order valence-electron chi connectivity index (χ0n) is 17.1. The quantitative estimate of drug-likeness (QED) is 0.439. The number of hydrogen-bond donors (Lipinski definition) is 0. The number of imide groups is 1. The minimum absolute atomic E-state index is 0.103. The van der Waals surface area contributed by atoms with E-state index in [0.717, 1.165) is 4.90 Å². The molecule has 0 aromatic heterocycles. The predicted octanol–water partition coefficient (Wildman–Crippen LogP) is 4.01. The van der Waals surface area contributed by atoms with E-state index in [1.165, 1.54) is 20.3 Å². The Labute approximate surface area is 193 Å². The highest BCUT2D eigenvalue weighted by atomic mass is 35.5. The van der Waals surface area contributed by atoms with Crippen LogP contribution in [-0.2, 0) is 20.9 Å². The number of halogens is 1. The molecule has 0 spiro atoms. The molecule has 0 bridgehead atoms. The number of nitrogens with zero attached hydrogens (tertiary/aromatic N) is 2.